The molecular formula is C12H13Cl3N2S. The van der Waals surface area contributed by atoms with E-state index in [1.54, 1.807) is 12.1 Å². The monoisotopic (exact) mass is 322 g/mol. The molecule has 18 heavy (non-hydrogen) atoms. The molecule has 0 heterocycles. The SMILES string of the molecule is S=C(Nc1cc(Cl)c(Cl)cc1Cl)NC1CCCC1. The molecule has 0 radical (unpaired) electrons. The first-order chi connectivity index (χ1) is 8.56. The maximum atomic E-state index is 6.07. The maximum Gasteiger partial charge on any atom is 0.171 e. The van der Waals surface area contributed by atoms with E-state index >= 15 is 0 Å². The lowest BCUT2D eigenvalue weighted by Crippen LogP contribution is -2.35. The summed E-state index contributed by atoms with van der Waals surface area (Å²) in [7, 11) is 0. The third-order valence-corrected chi connectivity index (χ3v) is 4.20. The van der Waals surface area contributed by atoms with Crippen LogP contribution in [0.2, 0.25) is 15.1 Å². The third-order valence-electron chi connectivity index (χ3n) is 2.95. The van der Waals surface area contributed by atoms with E-state index in [9.17, 15) is 0 Å². The fraction of sp³-hybridized carbons (Fsp3) is 0.417. The molecule has 0 saturated heterocycles. The zero-order chi connectivity index (χ0) is 13.1. The zero-order valence-electron chi connectivity index (χ0n) is 9.60. The van der Waals surface area contributed by atoms with Crippen LogP contribution in [0.1, 0.15) is 25.7 Å². The second-order valence-corrected chi connectivity index (χ2v) is 5.96. The van der Waals surface area contributed by atoms with Crippen LogP contribution < -0.4 is 10.6 Å². The number of rotatable bonds is 2. The number of anilines is 1. The maximum absolute atomic E-state index is 6.07. The van der Waals surface area contributed by atoms with Crippen LogP contribution in [0, 0.1) is 0 Å². The Kier molecular flexibility index (Phi) is 4.96. The van der Waals surface area contributed by atoms with Crippen LogP contribution in [-0.4, -0.2) is 11.2 Å². The predicted octanol–water partition coefficient (Wildman–Crippen LogP) is 4.88. The third kappa shape index (κ3) is 3.64. The zero-order valence-corrected chi connectivity index (χ0v) is 12.7. The van der Waals surface area contributed by atoms with E-state index in [0.29, 0.717) is 31.9 Å². The number of thiocarbonyl (C=S) groups is 1. The summed E-state index contributed by atoms with van der Waals surface area (Å²) >= 11 is 23.1. The van der Waals surface area contributed by atoms with Gasteiger partial charge in [0, 0.05) is 6.04 Å². The van der Waals surface area contributed by atoms with Crippen molar-refractivity contribution in [1.29, 1.82) is 0 Å². The summed E-state index contributed by atoms with van der Waals surface area (Å²) in [5.74, 6) is 0. The fourth-order valence-corrected chi connectivity index (χ4v) is 2.90. The van der Waals surface area contributed by atoms with Crippen molar-refractivity contribution in [1.82, 2.24) is 5.32 Å². The number of nitrogens with one attached hydrogen (secondary N) is 2. The van der Waals surface area contributed by atoms with Gasteiger partial charge in [-0.2, -0.15) is 0 Å². The molecule has 1 aromatic rings. The van der Waals surface area contributed by atoms with Crippen molar-refractivity contribution in [2.75, 3.05) is 5.32 Å². The van der Waals surface area contributed by atoms with Gasteiger partial charge in [0.1, 0.15) is 0 Å². The quantitative estimate of drug-likeness (QED) is 0.599. The van der Waals surface area contributed by atoms with E-state index < -0.39 is 0 Å². The molecule has 2 N–H and O–H groups in total. The van der Waals surface area contributed by atoms with Gasteiger partial charge < -0.3 is 10.6 Å². The van der Waals surface area contributed by atoms with Crippen molar-refractivity contribution >= 4 is 57.8 Å². The standard InChI is InChI=1S/C12H13Cl3N2S/c13-8-5-10(15)11(6-9(8)14)17-12(18)16-7-3-1-2-4-7/h5-7H,1-4H2,(H2,16,17,18). The van der Waals surface area contributed by atoms with Crippen LogP contribution in [0.15, 0.2) is 12.1 Å². The van der Waals surface area contributed by atoms with Crippen molar-refractivity contribution < 1.29 is 0 Å². The van der Waals surface area contributed by atoms with Gasteiger partial charge in [-0.15, -0.1) is 0 Å². The van der Waals surface area contributed by atoms with Gasteiger partial charge >= 0.3 is 0 Å². The highest BCUT2D eigenvalue weighted by Gasteiger charge is 2.16. The molecule has 2 nitrogen and oxygen atoms in total. The molecule has 98 valence electrons. The van der Waals surface area contributed by atoms with E-state index in [-0.39, 0.29) is 0 Å². The average Bonchev–Trinajstić information content (AvgIpc) is 2.78. The summed E-state index contributed by atoms with van der Waals surface area (Å²) in [4.78, 5) is 0. The van der Waals surface area contributed by atoms with Crippen LogP contribution in [0.25, 0.3) is 0 Å². The number of halogens is 3. The van der Waals surface area contributed by atoms with E-state index in [2.05, 4.69) is 10.6 Å². The topological polar surface area (TPSA) is 24.1 Å². The van der Waals surface area contributed by atoms with E-state index in [1.807, 2.05) is 0 Å². The Labute approximate surface area is 127 Å². The van der Waals surface area contributed by atoms with Crippen LogP contribution >= 0.6 is 47.0 Å². The highest BCUT2D eigenvalue weighted by Crippen LogP contribution is 2.32. The van der Waals surface area contributed by atoms with Crippen LogP contribution in [0.3, 0.4) is 0 Å². The highest BCUT2D eigenvalue weighted by atomic mass is 35.5. The molecule has 1 aromatic carbocycles. The highest BCUT2D eigenvalue weighted by molar-refractivity contribution is 7.80. The predicted molar refractivity (Wildman–Crippen MR) is 83.1 cm³/mol. The molecule has 0 aliphatic heterocycles. The van der Waals surface area contributed by atoms with Gasteiger partial charge in [0.05, 0.1) is 20.8 Å². The molecular weight excluding hydrogens is 311 g/mol. The molecule has 0 unspecified atom stereocenters. The smallest absolute Gasteiger partial charge is 0.171 e. The number of benzene rings is 1. The van der Waals surface area contributed by atoms with E-state index in [4.69, 9.17) is 47.0 Å². The molecule has 0 atom stereocenters. The van der Waals surface area contributed by atoms with Gasteiger partial charge in [-0.05, 0) is 37.2 Å². The van der Waals surface area contributed by atoms with Crippen molar-refractivity contribution in [2.45, 2.75) is 31.7 Å². The van der Waals surface area contributed by atoms with Crippen LogP contribution in [0.5, 0.6) is 0 Å². The molecule has 1 aliphatic carbocycles. The normalized spacial score (nSPS) is 15.7. The second-order valence-electron chi connectivity index (χ2n) is 4.33. The summed E-state index contributed by atoms with van der Waals surface area (Å²) < 4.78 is 0. The first-order valence-electron chi connectivity index (χ1n) is 5.78. The fourth-order valence-electron chi connectivity index (χ4n) is 2.03. The molecule has 2 rings (SSSR count). The van der Waals surface area contributed by atoms with Crippen molar-refractivity contribution in [3.63, 3.8) is 0 Å². The molecule has 6 heteroatoms. The molecule has 0 amide bonds. The largest absolute Gasteiger partial charge is 0.360 e. The lowest BCUT2D eigenvalue weighted by molar-refractivity contribution is 0.634. The second kappa shape index (κ2) is 6.29. The summed E-state index contributed by atoms with van der Waals surface area (Å²) in [5.41, 5.74) is 0.668. The Morgan fingerprint density at radius 3 is 2.33 bits per heavy atom. The van der Waals surface area contributed by atoms with Gasteiger partial charge in [0.25, 0.3) is 0 Å². The lowest BCUT2D eigenvalue weighted by Gasteiger charge is -2.16. The van der Waals surface area contributed by atoms with E-state index in [0.717, 1.165) is 12.8 Å². The molecule has 1 saturated carbocycles. The van der Waals surface area contributed by atoms with Gasteiger partial charge in [-0.25, -0.2) is 0 Å². The number of hydrogen-bond acceptors (Lipinski definition) is 1. The average molecular weight is 324 g/mol. The minimum absolute atomic E-state index is 0.432. The Morgan fingerprint density at radius 1 is 1.06 bits per heavy atom. The molecule has 0 bridgehead atoms. The van der Waals surface area contributed by atoms with Gasteiger partial charge in [0.2, 0.25) is 0 Å². The first-order valence-corrected chi connectivity index (χ1v) is 7.32. The molecule has 0 aromatic heterocycles. The van der Waals surface area contributed by atoms with Crippen molar-refractivity contribution in [3.05, 3.63) is 27.2 Å². The molecule has 1 aliphatic rings. The summed E-state index contributed by atoms with van der Waals surface area (Å²) in [6.45, 7) is 0. The van der Waals surface area contributed by atoms with Crippen LogP contribution in [0.4, 0.5) is 5.69 Å². The summed E-state index contributed by atoms with van der Waals surface area (Å²) in [6, 6.07) is 3.74. The Balaban J connectivity index is 2.00. The molecule has 1 fully saturated rings. The lowest BCUT2D eigenvalue weighted by atomic mass is 10.2. The van der Waals surface area contributed by atoms with Crippen molar-refractivity contribution in [3.8, 4) is 0 Å². The van der Waals surface area contributed by atoms with Gasteiger partial charge in [-0.3, -0.25) is 0 Å². The summed E-state index contributed by atoms with van der Waals surface area (Å²) in [5, 5.41) is 8.28. The first kappa shape index (κ1) is 14.2. The Bertz CT molecular complexity index is 459. The minimum atomic E-state index is 0.432. The Hall–Kier alpha value is -0.220. The molecule has 0 spiro atoms. The van der Waals surface area contributed by atoms with Gasteiger partial charge in [-0.1, -0.05) is 47.6 Å². The minimum Gasteiger partial charge on any atom is -0.360 e. The van der Waals surface area contributed by atoms with E-state index in [1.165, 1.54) is 12.8 Å². The van der Waals surface area contributed by atoms with Crippen LogP contribution in [-0.2, 0) is 0 Å². The van der Waals surface area contributed by atoms with Gasteiger partial charge in [0.15, 0.2) is 5.11 Å². The van der Waals surface area contributed by atoms with Crippen molar-refractivity contribution in [2.24, 2.45) is 0 Å². The number of hydrogen-bond donors (Lipinski definition) is 2. The Morgan fingerprint density at radius 2 is 1.67 bits per heavy atom. The summed E-state index contributed by atoms with van der Waals surface area (Å²) in [6.07, 6.45) is 4.84.